The molecule has 0 saturated carbocycles. The van der Waals surface area contributed by atoms with E-state index in [1.165, 1.54) is 43.9 Å². The SMILES string of the molecule is Cc1c(N2C(=O)C(C)(C)N(c3ccc(OCCN4CCN(CC(=O)Nc5cccc(NC6CCC(=O)NC6=O)c5)CC4)c(F)c3)C2=S)ccc(C#N)c1C(F)(F)F. The number of imide groups is 1. The fourth-order valence-corrected chi connectivity index (χ4v) is 7.68. The van der Waals surface area contributed by atoms with E-state index in [0.29, 0.717) is 50.5 Å². The maximum absolute atomic E-state index is 15.4. The van der Waals surface area contributed by atoms with Crippen LogP contribution < -0.4 is 30.5 Å². The van der Waals surface area contributed by atoms with Gasteiger partial charge in [0.1, 0.15) is 18.2 Å². The minimum atomic E-state index is -4.85. The van der Waals surface area contributed by atoms with Crippen LogP contribution in [0.5, 0.6) is 5.75 Å². The van der Waals surface area contributed by atoms with Gasteiger partial charge < -0.3 is 20.3 Å². The minimum Gasteiger partial charge on any atom is -0.489 e. The summed E-state index contributed by atoms with van der Waals surface area (Å²) in [5, 5.41) is 17.4. The highest BCUT2D eigenvalue weighted by Crippen LogP contribution is 2.43. The van der Waals surface area contributed by atoms with Crippen LogP contribution in [0.4, 0.5) is 40.3 Å². The largest absolute Gasteiger partial charge is 0.489 e. The van der Waals surface area contributed by atoms with Crippen molar-refractivity contribution in [2.24, 2.45) is 0 Å². The number of halogens is 4. The van der Waals surface area contributed by atoms with Crippen LogP contribution in [-0.2, 0) is 25.4 Å². The molecular weight excluding hydrogens is 769 g/mol. The zero-order valence-corrected chi connectivity index (χ0v) is 32.2. The van der Waals surface area contributed by atoms with Gasteiger partial charge in [-0.2, -0.15) is 18.4 Å². The molecule has 0 spiro atoms. The Morgan fingerprint density at radius 3 is 2.40 bits per heavy atom. The highest BCUT2D eigenvalue weighted by atomic mass is 32.1. The first kappa shape index (κ1) is 41.0. The van der Waals surface area contributed by atoms with E-state index in [1.54, 1.807) is 30.3 Å². The number of hydrogen-bond donors (Lipinski definition) is 3. The lowest BCUT2D eigenvalue weighted by molar-refractivity contribution is -0.138. The molecule has 3 aliphatic heterocycles. The van der Waals surface area contributed by atoms with E-state index in [4.69, 9.17) is 17.0 Å². The molecule has 4 amide bonds. The number of piperazine rings is 1. The van der Waals surface area contributed by atoms with Crippen LogP contribution in [-0.4, -0.2) is 96.0 Å². The summed E-state index contributed by atoms with van der Waals surface area (Å²) in [5.41, 5.74) is -2.19. The lowest BCUT2D eigenvalue weighted by Crippen LogP contribution is -2.49. The number of rotatable bonds is 11. The average molecular weight is 809 g/mol. The van der Waals surface area contributed by atoms with Crippen LogP contribution in [0.2, 0.25) is 0 Å². The first-order valence-electron chi connectivity index (χ1n) is 18.1. The Hall–Kier alpha value is -5.64. The molecule has 3 heterocycles. The molecule has 0 radical (unpaired) electrons. The maximum Gasteiger partial charge on any atom is 0.418 e. The monoisotopic (exact) mass is 808 g/mol. The molecule has 3 N–H and O–H groups in total. The molecule has 6 rings (SSSR count). The second-order valence-electron chi connectivity index (χ2n) is 14.4. The van der Waals surface area contributed by atoms with Crippen LogP contribution in [0.15, 0.2) is 54.6 Å². The summed E-state index contributed by atoms with van der Waals surface area (Å²) in [7, 11) is 0. The van der Waals surface area contributed by atoms with Crippen LogP contribution in [0.3, 0.4) is 0 Å². The van der Waals surface area contributed by atoms with E-state index in [9.17, 15) is 37.6 Å². The maximum atomic E-state index is 15.4. The third-order valence-electron chi connectivity index (χ3n) is 10.1. The number of alkyl halides is 3. The lowest BCUT2D eigenvalue weighted by Gasteiger charge is -2.34. The molecule has 0 bridgehead atoms. The van der Waals surface area contributed by atoms with Crippen molar-refractivity contribution >= 4 is 63.7 Å². The van der Waals surface area contributed by atoms with Gasteiger partial charge >= 0.3 is 6.18 Å². The molecule has 13 nitrogen and oxygen atoms in total. The van der Waals surface area contributed by atoms with Gasteiger partial charge in [-0.3, -0.25) is 39.2 Å². The molecule has 18 heteroatoms. The Kier molecular flexibility index (Phi) is 11.8. The highest BCUT2D eigenvalue weighted by Gasteiger charge is 2.51. The average Bonchev–Trinajstić information content (AvgIpc) is 3.32. The smallest absolute Gasteiger partial charge is 0.418 e. The van der Waals surface area contributed by atoms with E-state index in [1.807, 2.05) is 4.90 Å². The number of hydrogen-bond acceptors (Lipinski definition) is 10. The van der Waals surface area contributed by atoms with Crippen molar-refractivity contribution in [2.75, 3.05) is 66.3 Å². The molecule has 57 heavy (non-hydrogen) atoms. The van der Waals surface area contributed by atoms with E-state index < -0.39 is 40.6 Å². The number of anilines is 4. The zero-order chi connectivity index (χ0) is 41.2. The molecule has 1 atom stereocenters. The standard InChI is InChI=1S/C39H40F4N8O5S/c1-23-30(10-7-24(21-44)34(23)39(41,42)43)50-36(55)38(2,3)51(37(50)57)27-8-11-31(28(40)20-27)56-18-17-48-13-15-49(16-14-48)22-33(53)46-26-6-4-5-25(19-26)45-29-9-12-32(52)47-35(29)54/h4-8,10-11,19-20,29,45H,9,12-18,22H2,1-3H3,(H,46,53)(H,47,52,54). The fourth-order valence-electron chi connectivity index (χ4n) is 7.17. The van der Waals surface area contributed by atoms with Crippen molar-refractivity contribution in [3.05, 3.63) is 77.1 Å². The molecule has 300 valence electrons. The van der Waals surface area contributed by atoms with Gasteiger partial charge in [0.25, 0.3) is 5.91 Å². The van der Waals surface area contributed by atoms with Gasteiger partial charge in [-0.1, -0.05) is 6.07 Å². The number of nitriles is 1. The Morgan fingerprint density at radius 2 is 1.74 bits per heavy atom. The second-order valence-corrected chi connectivity index (χ2v) is 14.8. The third kappa shape index (κ3) is 8.85. The van der Waals surface area contributed by atoms with E-state index in [0.717, 1.165) is 17.0 Å². The van der Waals surface area contributed by atoms with Gasteiger partial charge in [0.05, 0.1) is 29.4 Å². The van der Waals surface area contributed by atoms with Gasteiger partial charge in [-0.05, 0) is 87.4 Å². The molecule has 3 saturated heterocycles. The summed E-state index contributed by atoms with van der Waals surface area (Å²) in [6.45, 7) is 7.61. The molecule has 3 aromatic rings. The Labute approximate surface area is 331 Å². The van der Waals surface area contributed by atoms with Crippen LogP contribution in [0.25, 0.3) is 0 Å². The normalized spacial score (nSPS) is 19.0. The molecule has 0 aromatic heterocycles. The minimum absolute atomic E-state index is 0.0331. The van der Waals surface area contributed by atoms with E-state index >= 15 is 4.39 Å². The Balaban J connectivity index is 0.988. The van der Waals surface area contributed by atoms with Crippen molar-refractivity contribution in [1.82, 2.24) is 15.1 Å². The second kappa shape index (κ2) is 16.5. The number of amides is 4. The number of thiocarbonyl (C=S) groups is 1. The topological polar surface area (TPSA) is 150 Å². The zero-order valence-electron chi connectivity index (χ0n) is 31.3. The van der Waals surface area contributed by atoms with Gasteiger partial charge in [0.2, 0.25) is 17.7 Å². The predicted octanol–water partition coefficient (Wildman–Crippen LogP) is 4.79. The van der Waals surface area contributed by atoms with E-state index in [-0.39, 0.29) is 65.1 Å². The molecule has 3 fully saturated rings. The van der Waals surface area contributed by atoms with Gasteiger partial charge in [0, 0.05) is 62.3 Å². The van der Waals surface area contributed by atoms with Crippen molar-refractivity contribution in [3.63, 3.8) is 0 Å². The molecule has 1 unspecified atom stereocenters. The summed E-state index contributed by atoms with van der Waals surface area (Å²) in [6.07, 6.45) is -4.22. The number of nitrogens with one attached hydrogen (secondary N) is 3. The van der Waals surface area contributed by atoms with Crippen LogP contribution in [0, 0.1) is 24.1 Å². The van der Waals surface area contributed by atoms with Crippen LogP contribution >= 0.6 is 12.2 Å². The summed E-state index contributed by atoms with van der Waals surface area (Å²) >= 11 is 5.60. The molecule has 3 aliphatic rings. The third-order valence-corrected chi connectivity index (χ3v) is 10.5. The van der Waals surface area contributed by atoms with Crippen molar-refractivity contribution in [3.8, 4) is 11.8 Å². The van der Waals surface area contributed by atoms with Crippen molar-refractivity contribution in [2.45, 2.75) is 51.4 Å². The number of carbonyl (C=O) groups is 4. The van der Waals surface area contributed by atoms with Crippen LogP contribution in [0.1, 0.15) is 43.4 Å². The van der Waals surface area contributed by atoms with E-state index in [2.05, 4.69) is 20.9 Å². The summed E-state index contributed by atoms with van der Waals surface area (Å²) < 4.78 is 63.0. The summed E-state index contributed by atoms with van der Waals surface area (Å²) in [6, 6.07) is 14.3. The first-order valence-corrected chi connectivity index (χ1v) is 18.6. The number of benzene rings is 3. The number of piperidine rings is 1. The predicted molar refractivity (Wildman–Crippen MR) is 207 cm³/mol. The van der Waals surface area contributed by atoms with Crippen molar-refractivity contribution in [1.29, 1.82) is 5.26 Å². The first-order chi connectivity index (χ1) is 27.0. The summed E-state index contributed by atoms with van der Waals surface area (Å²) in [4.78, 5) is 56.5. The number of carbonyl (C=O) groups excluding carboxylic acids is 4. The lowest BCUT2D eigenvalue weighted by atomic mass is 9.98. The highest BCUT2D eigenvalue weighted by molar-refractivity contribution is 7.81. The van der Waals surface area contributed by atoms with Gasteiger partial charge in [0.15, 0.2) is 16.7 Å². The molecular formula is C39H40F4N8O5S. The van der Waals surface area contributed by atoms with Gasteiger partial charge in [-0.25, -0.2) is 4.39 Å². The molecule has 3 aromatic carbocycles. The van der Waals surface area contributed by atoms with Crippen molar-refractivity contribution < 1.29 is 41.5 Å². The number of ether oxygens (including phenoxy) is 1. The summed E-state index contributed by atoms with van der Waals surface area (Å²) in [5.74, 6) is -2.26. The van der Waals surface area contributed by atoms with Gasteiger partial charge in [-0.15, -0.1) is 0 Å². The number of nitrogens with zero attached hydrogens (tertiary/aromatic N) is 5. The molecule has 0 aliphatic carbocycles. The quantitative estimate of drug-likeness (QED) is 0.139. The fraction of sp³-hybridized carbons (Fsp3) is 0.385. The Morgan fingerprint density at radius 1 is 1.04 bits per heavy atom. The Bertz CT molecular complexity index is 2150.